The van der Waals surface area contributed by atoms with Crippen LogP contribution in [0, 0.1) is 6.92 Å². The summed E-state index contributed by atoms with van der Waals surface area (Å²) in [6.45, 7) is 1.67. The first-order chi connectivity index (χ1) is 18.1. The third kappa shape index (κ3) is 4.31. The molecular weight excluding hydrogens is 501 g/mol. The van der Waals surface area contributed by atoms with Crippen molar-refractivity contribution in [2.75, 3.05) is 17.7 Å². The minimum Gasteiger partial charge on any atom is -0.497 e. The highest BCUT2D eigenvalue weighted by atomic mass is 19.4. The van der Waals surface area contributed by atoms with Gasteiger partial charge in [0.25, 0.3) is 11.5 Å². The van der Waals surface area contributed by atoms with Gasteiger partial charge in [0.05, 0.1) is 30.7 Å². The van der Waals surface area contributed by atoms with E-state index in [9.17, 15) is 22.8 Å². The minimum absolute atomic E-state index is 0.0221. The van der Waals surface area contributed by atoms with Crippen LogP contribution in [0.3, 0.4) is 0 Å². The quantitative estimate of drug-likeness (QED) is 0.396. The van der Waals surface area contributed by atoms with Gasteiger partial charge in [0.2, 0.25) is 0 Å². The largest absolute Gasteiger partial charge is 0.497 e. The van der Waals surface area contributed by atoms with Crippen molar-refractivity contribution in [3.63, 3.8) is 0 Å². The summed E-state index contributed by atoms with van der Waals surface area (Å²) in [6, 6.07) is 12.9. The molecule has 198 valence electrons. The number of hydrogen-bond acceptors (Lipinski definition) is 5. The fourth-order valence-electron chi connectivity index (χ4n) is 4.70. The van der Waals surface area contributed by atoms with Gasteiger partial charge in [-0.15, -0.1) is 0 Å². The second-order valence-corrected chi connectivity index (χ2v) is 9.01. The van der Waals surface area contributed by atoms with Gasteiger partial charge in [0, 0.05) is 13.5 Å². The summed E-state index contributed by atoms with van der Waals surface area (Å²) < 4.78 is 51.2. The molecule has 12 heteroatoms. The van der Waals surface area contributed by atoms with Crippen LogP contribution < -0.4 is 20.9 Å². The molecule has 0 bridgehead atoms. The molecule has 3 heterocycles. The van der Waals surface area contributed by atoms with E-state index >= 15 is 0 Å². The molecule has 2 aromatic heterocycles. The lowest BCUT2D eigenvalue weighted by Crippen LogP contribution is -2.36. The Morgan fingerprint density at radius 2 is 1.89 bits per heavy atom. The van der Waals surface area contributed by atoms with Crippen molar-refractivity contribution in [2.45, 2.75) is 31.6 Å². The van der Waals surface area contributed by atoms with Crippen LogP contribution >= 0.6 is 0 Å². The Labute approximate surface area is 215 Å². The molecule has 0 saturated carbocycles. The number of rotatable bonds is 5. The molecule has 38 heavy (non-hydrogen) atoms. The number of para-hydroxylation sites is 1. The first-order valence-electron chi connectivity index (χ1n) is 11.8. The van der Waals surface area contributed by atoms with E-state index in [1.54, 1.807) is 67.2 Å². The molecule has 1 aliphatic rings. The summed E-state index contributed by atoms with van der Waals surface area (Å²) in [5.74, 6) is -0.336. The van der Waals surface area contributed by atoms with E-state index in [0.29, 0.717) is 22.7 Å². The van der Waals surface area contributed by atoms with Crippen LogP contribution in [0.15, 0.2) is 65.6 Å². The maximum absolute atomic E-state index is 14.1. The molecule has 0 unspecified atom stereocenters. The van der Waals surface area contributed by atoms with Crippen LogP contribution in [0.25, 0.3) is 5.69 Å². The number of ether oxygens (including phenoxy) is 1. The summed E-state index contributed by atoms with van der Waals surface area (Å²) in [4.78, 5) is 26.6. The van der Waals surface area contributed by atoms with E-state index < -0.39 is 29.7 Å². The van der Waals surface area contributed by atoms with Gasteiger partial charge < -0.3 is 15.4 Å². The topological polar surface area (TPSA) is 95.1 Å². The SMILES string of the molecule is COc1cccc([C@@H]2C[C@H](C(F)(F)F)n3ncc(C(=O)Nc4c(C)n(C)n(-c5ccccc5)c4=O)c3N2)c1. The highest BCUT2D eigenvalue weighted by Gasteiger charge is 2.47. The molecule has 0 saturated heterocycles. The minimum atomic E-state index is -4.60. The first kappa shape index (κ1) is 25.2. The predicted molar refractivity (Wildman–Crippen MR) is 135 cm³/mol. The Hall–Kier alpha value is -4.48. The number of fused-ring (bicyclic) bond motifs is 1. The van der Waals surface area contributed by atoms with Crippen molar-refractivity contribution in [2.24, 2.45) is 7.05 Å². The zero-order chi connectivity index (χ0) is 27.2. The lowest BCUT2D eigenvalue weighted by atomic mass is 9.96. The van der Waals surface area contributed by atoms with Crippen molar-refractivity contribution in [1.82, 2.24) is 19.1 Å². The average molecular weight is 527 g/mol. The number of methoxy groups -OCH3 is 1. The fourth-order valence-corrected chi connectivity index (χ4v) is 4.70. The molecule has 9 nitrogen and oxygen atoms in total. The van der Waals surface area contributed by atoms with Gasteiger partial charge in [0.15, 0.2) is 6.04 Å². The molecule has 0 spiro atoms. The number of carbonyl (C=O) groups excluding carboxylic acids is 1. The van der Waals surface area contributed by atoms with Gasteiger partial charge in [-0.3, -0.25) is 14.3 Å². The molecule has 1 amide bonds. The van der Waals surface area contributed by atoms with Crippen molar-refractivity contribution >= 4 is 17.4 Å². The fraction of sp³-hybridized carbons (Fsp3) is 0.269. The third-order valence-corrected chi connectivity index (χ3v) is 6.77. The van der Waals surface area contributed by atoms with Gasteiger partial charge in [-0.2, -0.15) is 18.3 Å². The molecule has 0 aliphatic carbocycles. The van der Waals surface area contributed by atoms with E-state index in [1.165, 1.54) is 11.8 Å². The van der Waals surface area contributed by atoms with E-state index in [0.717, 1.165) is 10.9 Å². The lowest BCUT2D eigenvalue weighted by Gasteiger charge is -2.34. The van der Waals surface area contributed by atoms with Crippen LogP contribution in [0.4, 0.5) is 24.7 Å². The maximum Gasteiger partial charge on any atom is 0.410 e. The molecule has 5 rings (SSSR count). The molecule has 2 aromatic carbocycles. The first-order valence-corrected chi connectivity index (χ1v) is 11.8. The molecule has 2 atom stereocenters. The van der Waals surface area contributed by atoms with Crippen LogP contribution in [0.1, 0.15) is 40.1 Å². The van der Waals surface area contributed by atoms with Crippen LogP contribution in [0.2, 0.25) is 0 Å². The molecule has 0 fully saturated rings. The number of aromatic nitrogens is 4. The Kier molecular flexibility index (Phi) is 6.25. The predicted octanol–water partition coefficient (Wildman–Crippen LogP) is 4.60. The van der Waals surface area contributed by atoms with Crippen molar-refractivity contribution in [1.29, 1.82) is 0 Å². The maximum atomic E-state index is 14.1. The normalized spacial score (nSPS) is 17.0. The second kappa shape index (κ2) is 9.43. The number of nitrogens with one attached hydrogen (secondary N) is 2. The summed E-state index contributed by atoms with van der Waals surface area (Å²) in [5, 5.41) is 9.55. The molecule has 0 radical (unpaired) electrons. The standard InChI is InChI=1S/C26H25F3N6O3/c1-15-22(25(37)35(33(15)2)17-9-5-4-6-10-17)32-24(36)19-14-30-34-21(26(27,28)29)13-20(31-23(19)34)16-8-7-11-18(12-16)38-3/h4-12,14,20-21,31H,13H2,1-3H3,(H,32,36)/t20-,21+/m0/s1. The number of benzene rings is 2. The Morgan fingerprint density at radius 3 is 2.58 bits per heavy atom. The van der Waals surface area contributed by atoms with E-state index in [2.05, 4.69) is 15.7 Å². The zero-order valence-corrected chi connectivity index (χ0v) is 20.8. The summed E-state index contributed by atoms with van der Waals surface area (Å²) >= 11 is 0. The number of anilines is 2. The van der Waals surface area contributed by atoms with Crippen LogP contribution in [0.5, 0.6) is 5.75 Å². The molecule has 4 aromatic rings. The highest BCUT2D eigenvalue weighted by Crippen LogP contribution is 2.44. The van der Waals surface area contributed by atoms with Crippen molar-refractivity contribution in [3.8, 4) is 11.4 Å². The molecule has 1 aliphatic heterocycles. The number of nitrogens with zero attached hydrogens (tertiary/aromatic N) is 4. The van der Waals surface area contributed by atoms with E-state index in [-0.39, 0.29) is 23.5 Å². The number of amides is 1. The van der Waals surface area contributed by atoms with Crippen molar-refractivity contribution < 1.29 is 22.7 Å². The summed E-state index contributed by atoms with van der Waals surface area (Å²) in [7, 11) is 3.15. The van der Waals surface area contributed by atoms with Crippen LogP contribution in [-0.4, -0.2) is 38.3 Å². The zero-order valence-electron chi connectivity index (χ0n) is 20.8. The number of hydrogen-bond donors (Lipinski definition) is 2. The summed E-state index contributed by atoms with van der Waals surface area (Å²) in [6.07, 6.45) is -3.85. The smallest absolute Gasteiger partial charge is 0.410 e. The Morgan fingerprint density at radius 1 is 1.16 bits per heavy atom. The number of halogens is 3. The second-order valence-electron chi connectivity index (χ2n) is 9.01. The Balaban J connectivity index is 1.51. The number of alkyl halides is 3. The van der Waals surface area contributed by atoms with Gasteiger partial charge >= 0.3 is 6.18 Å². The third-order valence-electron chi connectivity index (χ3n) is 6.77. The molecular formula is C26H25F3N6O3. The molecule has 2 N–H and O–H groups in total. The summed E-state index contributed by atoms with van der Waals surface area (Å²) in [5.41, 5.74) is 1.09. The van der Waals surface area contributed by atoms with Crippen LogP contribution in [-0.2, 0) is 7.05 Å². The van der Waals surface area contributed by atoms with Gasteiger partial charge in [-0.05, 0) is 36.8 Å². The lowest BCUT2D eigenvalue weighted by molar-refractivity contribution is -0.173. The monoisotopic (exact) mass is 526 g/mol. The number of carbonyl (C=O) groups is 1. The highest BCUT2D eigenvalue weighted by molar-refractivity contribution is 6.07. The van der Waals surface area contributed by atoms with Crippen molar-refractivity contribution in [3.05, 3.63) is 88.0 Å². The Bertz CT molecular complexity index is 1550. The van der Waals surface area contributed by atoms with Gasteiger partial charge in [-0.1, -0.05) is 30.3 Å². The van der Waals surface area contributed by atoms with E-state index in [4.69, 9.17) is 4.74 Å². The van der Waals surface area contributed by atoms with Gasteiger partial charge in [0.1, 0.15) is 22.8 Å². The van der Waals surface area contributed by atoms with Gasteiger partial charge in [-0.25, -0.2) is 9.36 Å². The average Bonchev–Trinajstić information content (AvgIpc) is 3.42. The van der Waals surface area contributed by atoms with E-state index in [1.807, 2.05) is 6.07 Å².